The van der Waals surface area contributed by atoms with E-state index in [0.717, 1.165) is 18.9 Å². The van der Waals surface area contributed by atoms with Gasteiger partial charge in [-0.15, -0.1) is 0 Å². The van der Waals surface area contributed by atoms with Crippen molar-refractivity contribution in [1.29, 1.82) is 0 Å². The minimum atomic E-state index is 0.207. The van der Waals surface area contributed by atoms with Crippen LogP contribution in [0.3, 0.4) is 0 Å². The second-order valence-corrected chi connectivity index (χ2v) is 6.36. The molecule has 18 heavy (non-hydrogen) atoms. The molecule has 4 heterocycles. The number of amides is 1. The third-order valence-electron chi connectivity index (χ3n) is 5.38. The summed E-state index contributed by atoms with van der Waals surface area (Å²) in [6.07, 6.45) is 9.68. The Bertz CT molecular complexity index is 403. The summed E-state index contributed by atoms with van der Waals surface area (Å²) in [6.45, 7) is 3.40. The van der Waals surface area contributed by atoms with Gasteiger partial charge in [-0.2, -0.15) is 0 Å². The lowest BCUT2D eigenvalue weighted by Gasteiger charge is -2.54. The Balaban J connectivity index is 1.69. The highest BCUT2D eigenvalue weighted by Crippen LogP contribution is 2.43. The lowest BCUT2D eigenvalue weighted by atomic mass is 9.73. The van der Waals surface area contributed by atoms with Crippen LogP contribution in [0.2, 0.25) is 0 Å². The number of hydrogen-bond acceptors (Lipinski definition) is 2. The Kier molecular flexibility index (Phi) is 2.42. The number of rotatable bonds is 0. The van der Waals surface area contributed by atoms with Crippen LogP contribution in [0.4, 0.5) is 0 Å². The molecule has 0 aliphatic carbocycles. The molecule has 0 aromatic heterocycles. The molecule has 0 spiro atoms. The van der Waals surface area contributed by atoms with Crippen LogP contribution in [0.15, 0.2) is 11.8 Å². The number of carbonyl (C=O) groups excluding carboxylic acids is 1. The van der Waals surface area contributed by atoms with Gasteiger partial charge >= 0.3 is 0 Å². The Morgan fingerprint density at radius 3 is 3.06 bits per heavy atom. The van der Waals surface area contributed by atoms with E-state index in [9.17, 15) is 4.79 Å². The number of nitrogens with zero attached hydrogens (tertiary/aromatic N) is 2. The number of allylic oxidation sites excluding steroid dienone is 1. The third kappa shape index (κ3) is 1.45. The van der Waals surface area contributed by atoms with Gasteiger partial charge in [0.15, 0.2) is 0 Å². The summed E-state index contributed by atoms with van der Waals surface area (Å²) >= 11 is 0. The van der Waals surface area contributed by atoms with E-state index < -0.39 is 0 Å². The van der Waals surface area contributed by atoms with Crippen molar-refractivity contribution >= 4 is 5.91 Å². The molecule has 3 nitrogen and oxygen atoms in total. The summed E-state index contributed by atoms with van der Waals surface area (Å²) < 4.78 is 0. The fourth-order valence-electron chi connectivity index (χ4n) is 4.56. The minimum absolute atomic E-state index is 0.207. The fraction of sp³-hybridized carbons (Fsp3) is 0.800. The molecule has 0 aromatic rings. The Morgan fingerprint density at radius 1 is 1.17 bits per heavy atom. The largest absolute Gasteiger partial charge is 0.374 e. The number of hydrogen-bond donors (Lipinski definition) is 0. The summed E-state index contributed by atoms with van der Waals surface area (Å²) in [6, 6.07) is 0.561. The number of piperidine rings is 3. The first-order valence-electron chi connectivity index (χ1n) is 7.60. The predicted molar refractivity (Wildman–Crippen MR) is 69.8 cm³/mol. The minimum Gasteiger partial charge on any atom is -0.374 e. The van der Waals surface area contributed by atoms with Crippen LogP contribution in [0, 0.1) is 11.8 Å². The van der Waals surface area contributed by atoms with Gasteiger partial charge in [0.05, 0.1) is 5.92 Å². The highest BCUT2D eigenvalue weighted by molar-refractivity contribution is 5.83. The van der Waals surface area contributed by atoms with Crippen molar-refractivity contribution in [1.82, 2.24) is 9.80 Å². The van der Waals surface area contributed by atoms with Gasteiger partial charge in [-0.25, -0.2) is 0 Å². The van der Waals surface area contributed by atoms with Gasteiger partial charge in [0.2, 0.25) is 5.91 Å². The molecule has 2 bridgehead atoms. The first kappa shape index (κ1) is 10.9. The molecule has 0 saturated carbocycles. The molecule has 3 saturated heterocycles. The Labute approximate surface area is 109 Å². The van der Waals surface area contributed by atoms with Crippen molar-refractivity contribution in [3.8, 4) is 0 Å². The van der Waals surface area contributed by atoms with Crippen LogP contribution < -0.4 is 0 Å². The lowest BCUT2D eigenvalue weighted by molar-refractivity contribution is -0.149. The predicted octanol–water partition coefficient (Wildman–Crippen LogP) is 2.00. The van der Waals surface area contributed by atoms with Crippen molar-refractivity contribution in [3.63, 3.8) is 0 Å². The zero-order chi connectivity index (χ0) is 12.1. The van der Waals surface area contributed by atoms with Gasteiger partial charge in [0.25, 0.3) is 0 Å². The highest BCUT2D eigenvalue weighted by atomic mass is 16.2. The van der Waals surface area contributed by atoms with E-state index in [0.29, 0.717) is 11.9 Å². The fourth-order valence-corrected chi connectivity index (χ4v) is 4.56. The molecular formula is C15H22N2O. The first-order valence-corrected chi connectivity index (χ1v) is 7.60. The van der Waals surface area contributed by atoms with Crippen LogP contribution in [0.1, 0.15) is 38.5 Å². The van der Waals surface area contributed by atoms with Crippen LogP contribution in [-0.2, 0) is 4.79 Å². The van der Waals surface area contributed by atoms with Crippen LogP contribution in [-0.4, -0.2) is 41.4 Å². The SMILES string of the molecule is O=C1[C@H]2C[C@@H](CN3CCCC=C23)[C@@H]2CCCCN12. The van der Waals surface area contributed by atoms with Crippen LogP contribution in [0.5, 0.6) is 0 Å². The smallest absolute Gasteiger partial charge is 0.231 e. The normalized spacial score (nSPS) is 39.0. The Morgan fingerprint density at radius 2 is 2.11 bits per heavy atom. The van der Waals surface area contributed by atoms with Crippen molar-refractivity contribution < 1.29 is 4.79 Å². The first-order chi connectivity index (χ1) is 8.84. The van der Waals surface area contributed by atoms with Gasteiger partial charge in [-0.1, -0.05) is 6.08 Å². The molecule has 3 fully saturated rings. The van der Waals surface area contributed by atoms with E-state index in [2.05, 4.69) is 15.9 Å². The van der Waals surface area contributed by atoms with Crippen molar-refractivity contribution in [2.45, 2.75) is 44.6 Å². The van der Waals surface area contributed by atoms with E-state index in [1.807, 2.05) is 0 Å². The van der Waals surface area contributed by atoms with E-state index >= 15 is 0 Å². The van der Waals surface area contributed by atoms with Gasteiger partial charge in [-0.05, 0) is 44.4 Å². The van der Waals surface area contributed by atoms with E-state index in [1.165, 1.54) is 50.9 Å². The van der Waals surface area contributed by atoms with Gasteiger partial charge in [0.1, 0.15) is 0 Å². The molecule has 98 valence electrons. The highest BCUT2D eigenvalue weighted by Gasteiger charge is 2.48. The average molecular weight is 246 g/mol. The molecule has 4 aliphatic heterocycles. The summed E-state index contributed by atoms with van der Waals surface area (Å²) in [5.41, 5.74) is 1.37. The van der Waals surface area contributed by atoms with Gasteiger partial charge < -0.3 is 9.80 Å². The van der Waals surface area contributed by atoms with Crippen molar-refractivity contribution in [3.05, 3.63) is 11.8 Å². The zero-order valence-electron chi connectivity index (χ0n) is 11.0. The summed E-state index contributed by atoms with van der Waals surface area (Å²) in [4.78, 5) is 17.4. The van der Waals surface area contributed by atoms with Crippen molar-refractivity contribution in [2.75, 3.05) is 19.6 Å². The topological polar surface area (TPSA) is 23.6 Å². The quantitative estimate of drug-likeness (QED) is 0.652. The van der Waals surface area contributed by atoms with E-state index in [1.54, 1.807) is 0 Å². The third-order valence-corrected chi connectivity index (χ3v) is 5.38. The monoisotopic (exact) mass is 246 g/mol. The van der Waals surface area contributed by atoms with Crippen molar-refractivity contribution in [2.24, 2.45) is 11.8 Å². The Hall–Kier alpha value is -0.990. The standard InChI is InChI=1S/C15H22N2O/c18-15-12-9-11(13-5-2-4-8-17(13)15)10-16-7-3-1-6-14(12)16/h6,11-13H,1-5,7-10H2/t11-,12-,13-/m0/s1. The molecule has 1 amide bonds. The number of fused-ring (bicyclic) bond motifs is 6. The van der Waals surface area contributed by atoms with Crippen LogP contribution >= 0.6 is 0 Å². The maximum absolute atomic E-state index is 12.7. The number of carbonyl (C=O) groups is 1. The molecule has 0 aromatic carbocycles. The molecule has 0 unspecified atom stereocenters. The lowest BCUT2D eigenvalue weighted by Crippen LogP contribution is -2.61. The summed E-state index contributed by atoms with van der Waals surface area (Å²) in [5.74, 6) is 1.38. The van der Waals surface area contributed by atoms with E-state index in [-0.39, 0.29) is 5.92 Å². The molecule has 4 rings (SSSR count). The average Bonchev–Trinajstić information content (AvgIpc) is 2.44. The van der Waals surface area contributed by atoms with E-state index in [4.69, 9.17) is 0 Å². The van der Waals surface area contributed by atoms with Crippen LogP contribution in [0.25, 0.3) is 0 Å². The van der Waals surface area contributed by atoms with Gasteiger partial charge in [-0.3, -0.25) is 4.79 Å². The molecule has 0 N–H and O–H groups in total. The molecular weight excluding hydrogens is 224 g/mol. The molecule has 4 aliphatic rings. The zero-order valence-corrected chi connectivity index (χ0v) is 11.0. The second-order valence-electron chi connectivity index (χ2n) is 6.36. The maximum Gasteiger partial charge on any atom is 0.231 e. The second kappa shape index (κ2) is 4.01. The summed E-state index contributed by atoms with van der Waals surface area (Å²) in [7, 11) is 0. The molecule has 3 heteroatoms. The summed E-state index contributed by atoms with van der Waals surface area (Å²) in [5, 5.41) is 0. The maximum atomic E-state index is 12.7. The molecule has 0 radical (unpaired) electrons. The molecule has 3 atom stereocenters. The van der Waals surface area contributed by atoms with Gasteiger partial charge in [0, 0.05) is 31.4 Å².